The zero-order valence-electron chi connectivity index (χ0n) is 28.7. The van der Waals surface area contributed by atoms with Crippen LogP contribution >= 0.6 is 0 Å². The summed E-state index contributed by atoms with van der Waals surface area (Å²) in [6.07, 6.45) is 10.3. The fourth-order valence-electron chi connectivity index (χ4n) is 12.9. The van der Waals surface area contributed by atoms with Gasteiger partial charge < -0.3 is 24.1 Å². The van der Waals surface area contributed by atoms with Crippen molar-refractivity contribution in [1.82, 2.24) is 0 Å². The van der Waals surface area contributed by atoms with Crippen molar-refractivity contribution >= 4 is 17.7 Å². The number of allylic oxidation sites excluding steroid dienone is 2. The molecule has 13 atom stereocenters. The van der Waals surface area contributed by atoms with Crippen LogP contribution < -0.4 is 4.74 Å². The minimum Gasteiger partial charge on any atom is -0.508 e. The van der Waals surface area contributed by atoms with Crippen molar-refractivity contribution in [2.75, 3.05) is 6.61 Å². The number of carbonyl (C=O) groups is 3. The maximum absolute atomic E-state index is 12.9. The van der Waals surface area contributed by atoms with Gasteiger partial charge in [0.05, 0.1) is 6.61 Å². The van der Waals surface area contributed by atoms with E-state index in [0.717, 1.165) is 44.1 Å². The van der Waals surface area contributed by atoms with Crippen LogP contribution in [0.4, 0.5) is 0 Å². The van der Waals surface area contributed by atoms with Gasteiger partial charge in [-0.1, -0.05) is 39.8 Å². The standard InChI is InChI=1S/C39H50O8/c1-21-19-44-39(28(21)15-25-7-8-26(42)16-31(25)47-39)34(46-24(4)41)17-29-32(45-23(3)40)18-36(6)33-10-9-27-22(2)30(43)11-12-37(27)20-38(33,37)14-13-35(29,36)5/h7-8,11-12,16,21-22,27-29,32-34,42H,9-10,13-15,17-20H2,1-6H3. The third kappa shape index (κ3) is 4.06. The molecule has 0 radical (unpaired) electrons. The van der Waals surface area contributed by atoms with E-state index < -0.39 is 17.9 Å². The summed E-state index contributed by atoms with van der Waals surface area (Å²) in [4.78, 5) is 38.3. The van der Waals surface area contributed by atoms with Crippen molar-refractivity contribution in [3.8, 4) is 11.5 Å². The van der Waals surface area contributed by atoms with E-state index in [4.69, 9.17) is 18.9 Å². The summed E-state index contributed by atoms with van der Waals surface area (Å²) in [7, 11) is 0. The Kier molecular flexibility index (Phi) is 6.74. The maximum atomic E-state index is 12.9. The van der Waals surface area contributed by atoms with Crippen LogP contribution in [0, 0.1) is 57.2 Å². The second-order valence-corrected chi connectivity index (χ2v) is 17.0. The van der Waals surface area contributed by atoms with Crippen LogP contribution in [0.25, 0.3) is 0 Å². The Morgan fingerprint density at radius 1 is 1.06 bits per heavy atom. The van der Waals surface area contributed by atoms with Gasteiger partial charge in [0.15, 0.2) is 11.9 Å². The molecule has 1 aromatic rings. The maximum Gasteiger partial charge on any atom is 0.303 e. The molecule has 8 nitrogen and oxygen atoms in total. The van der Waals surface area contributed by atoms with Crippen molar-refractivity contribution in [2.24, 2.45) is 57.2 Å². The Morgan fingerprint density at radius 3 is 2.60 bits per heavy atom. The molecule has 13 unspecified atom stereocenters. The molecule has 2 spiro atoms. The monoisotopic (exact) mass is 646 g/mol. The van der Waals surface area contributed by atoms with Crippen molar-refractivity contribution in [2.45, 2.75) is 111 Å². The molecular weight excluding hydrogens is 596 g/mol. The summed E-state index contributed by atoms with van der Waals surface area (Å²) in [5.41, 5.74) is 0.958. The molecule has 47 heavy (non-hydrogen) atoms. The molecule has 4 saturated carbocycles. The Bertz CT molecular complexity index is 1570. The zero-order valence-corrected chi connectivity index (χ0v) is 28.7. The fourth-order valence-corrected chi connectivity index (χ4v) is 12.9. The molecule has 5 fully saturated rings. The number of hydrogen-bond donors (Lipinski definition) is 1. The van der Waals surface area contributed by atoms with Crippen LogP contribution in [0.15, 0.2) is 30.4 Å². The summed E-state index contributed by atoms with van der Waals surface area (Å²) >= 11 is 0. The first-order valence-electron chi connectivity index (χ1n) is 17.9. The molecule has 0 aromatic heterocycles. The molecule has 8 rings (SSSR count). The van der Waals surface area contributed by atoms with Gasteiger partial charge in [-0.2, -0.15) is 0 Å². The Hall–Kier alpha value is -2.87. The van der Waals surface area contributed by atoms with Gasteiger partial charge in [-0.05, 0) is 108 Å². The quantitative estimate of drug-likeness (QED) is 0.358. The first-order chi connectivity index (χ1) is 22.2. The number of phenols is 1. The Labute approximate surface area is 277 Å². The van der Waals surface area contributed by atoms with E-state index in [1.54, 1.807) is 12.1 Å². The number of benzene rings is 1. The van der Waals surface area contributed by atoms with Crippen molar-refractivity contribution in [1.29, 1.82) is 0 Å². The number of fused-ring (bicyclic) bond motifs is 4. The first kappa shape index (κ1) is 31.4. The highest BCUT2D eigenvalue weighted by Gasteiger charge is 2.81. The molecule has 5 aliphatic carbocycles. The molecule has 0 bridgehead atoms. The first-order valence-corrected chi connectivity index (χ1v) is 17.9. The van der Waals surface area contributed by atoms with Crippen molar-refractivity contribution in [3.05, 3.63) is 35.9 Å². The lowest BCUT2D eigenvalue weighted by molar-refractivity contribution is -0.254. The highest BCUT2D eigenvalue weighted by Crippen LogP contribution is 2.87. The third-order valence-corrected chi connectivity index (χ3v) is 15.2. The topological polar surface area (TPSA) is 108 Å². The zero-order chi connectivity index (χ0) is 33.3. The third-order valence-electron chi connectivity index (χ3n) is 15.2. The second-order valence-electron chi connectivity index (χ2n) is 17.0. The van der Waals surface area contributed by atoms with Gasteiger partial charge in [-0.15, -0.1) is 0 Å². The smallest absolute Gasteiger partial charge is 0.303 e. The SMILES string of the molecule is CC(=O)OC1CC2(C)C3CCC4C(C)C(=O)C=CC45CC35CCC2(C)C1CC(OC(C)=O)C12OCC(C)C1Cc1ccc(O)cc1O2. The molecule has 7 aliphatic rings. The Morgan fingerprint density at radius 2 is 1.85 bits per heavy atom. The summed E-state index contributed by atoms with van der Waals surface area (Å²) in [6.45, 7) is 12.5. The van der Waals surface area contributed by atoms with Crippen molar-refractivity contribution in [3.63, 3.8) is 0 Å². The average molecular weight is 647 g/mol. The highest BCUT2D eigenvalue weighted by atomic mass is 16.7. The van der Waals surface area contributed by atoms with Gasteiger partial charge in [0.1, 0.15) is 17.6 Å². The molecule has 0 amide bonds. The number of aromatic hydroxyl groups is 1. The normalized spacial score (nSPS) is 47.6. The van der Waals surface area contributed by atoms with Gasteiger partial charge in [0.2, 0.25) is 0 Å². The van der Waals surface area contributed by atoms with E-state index >= 15 is 0 Å². The molecule has 1 N–H and O–H groups in total. The lowest BCUT2D eigenvalue weighted by Gasteiger charge is -2.60. The number of ketones is 1. The minimum atomic E-state index is -1.22. The number of esters is 2. The molecule has 1 aromatic carbocycles. The van der Waals surface area contributed by atoms with Gasteiger partial charge in [-0.3, -0.25) is 14.4 Å². The van der Waals surface area contributed by atoms with Crippen LogP contribution in [-0.2, 0) is 35.0 Å². The van der Waals surface area contributed by atoms with E-state index in [1.165, 1.54) is 13.8 Å². The van der Waals surface area contributed by atoms with E-state index in [0.29, 0.717) is 37.0 Å². The van der Waals surface area contributed by atoms with E-state index in [1.807, 2.05) is 12.1 Å². The minimum absolute atomic E-state index is 0.0596. The number of phenolic OH excluding ortho intramolecular Hbond substituents is 1. The predicted molar refractivity (Wildman–Crippen MR) is 172 cm³/mol. The van der Waals surface area contributed by atoms with Crippen LogP contribution in [-0.4, -0.2) is 47.4 Å². The number of hydrogen-bond acceptors (Lipinski definition) is 8. The van der Waals surface area contributed by atoms with Crippen LogP contribution in [0.2, 0.25) is 0 Å². The van der Waals surface area contributed by atoms with E-state index in [9.17, 15) is 19.5 Å². The lowest BCUT2D eigenvalue weighted by atomic mass is 9.43. The summed E-state index contributed by atoms with van der Waals surface area (Å²) < 4.78 is 25.9. The number of carbonyl (C=O) groups excluding carboxylic acids is 3. The highest BCUT2D eigenvalue weighted by molar-refractivity contribution is 5.93. The van der Waals surface area contributed by atoms with Crippen LogP contribution in [0.5, 0.6) is 11.5 Å². The molecule has 1 saturated heterocycles. The van der Waals surface area contributed by atoms with Gasteiger partial charge in [-0.25, -0.2) is 0 Å². The number of ether oxygens (including phenoxy) is 4. The predicted octanol–water partition coefficient (Wildman–Crippen LogP) is 6.56. The van der Waals surface area contributed by atoms with Gasteiger partial charge in [0, 0.05) is 37.7 Å². The van der Waals surface area contributed by atoms with Crippen LogP contribution in [0.3, 0.4) is 0 Å². The largest absolute Gasteiger partial charge is 0.508 e. The summed E-state index contributed by atoms with van der Waals surface area (Å²) in [5.74, 6) is -0.0483. The van der Waals surface area contributed by atoms with Crippen molar-refractivity contribution < 1.29 is 38.4 Å². The van der Waals surface area contributed by atoms with Crippen LogP contribution in [0.1, 0.15) is 92.1 Å². The van der Waals surface area contributed by atoms with E-state index in [2.05, 4.69) is 33.8 Å². The Balaban J connectivity index is 1.18. The van der Waals surface area contributed by atoms with Gasteiger partial charge >= 0.3 is 11.9 Å². The molecule has 8 heteroatoms. The number of rotatable bonds is 5. The summed E-state index contributed by atoms with van der Waals surface area (Å²) in [6, 6.07) is 5.20. The summed E-state index contributed by atoms with van der Waals surface area (Å²) in [5, 5.41) is 10.3. The second kappa shape index (κ2) is 10.1. The fraction of sp³-hybridized carbons (Fsp3) is 0.718. The van der Waals surface area contributed by atoms with E-state index in [-0.39, 0.29) is 68.9 Å². The lowest BCUT2D eigenvalue weighted by Crippen LogP contribution is -2.59. The average Bonchev–Trinajstić information content (AvgIpc) is 3.49. The van der Waals surface area contributed by atoms with Gasteiger partial charge in [0.25, 0.3) is 5.79 Å². The molecule has 254 valence electrons. The molecule has 2 heterocycles. The molecule has 2 aliphatic heterocycles. The molecular formula is C39H50O8.